The van der Waals surface area contributed by atoms with Gasteiger partial charge in [-0.2, -0.15) is 0 Å². The molecule has 3 aromatic rings. The molecule has 39 heavy (non-hydrogen) atoms. The number of Topliss-reactive ketones (excluding diaryl/α,β-unsaturated/α-hetero) is 1. The number of urea groups is 1. The molecule has 0 radical (unpaired) electrons. The first-order valence-electron chi connectivity index (χ1n) is 13.3. The quantitative estimate of drug-likeness (QED) is 0.288. The minimum Gasteiger partial charge on any atom is -0.497 e. The van der Waals surface area contributed by atoms with Gasteiger partial charge in [-0.3, -0.25) is 9.69 Å². The van der Waals surface area contributed by atoms with Gasteiger partial charge in [-0.05, 0) is 56.6 Å². The van der Waals surface area contributed by atoms with Crippen molar-refractivity contribution in [1.29, 1.82) is 0 Å². The van der Waals surface area contributed by atoms with E-state index in [1.165, 1.54) is 0 Å². The van der Waals surface area contributed by atoms with Crippen LogP contribution in [-0.4, -0.2) is 93.2 Å². The highest BCUT2D eigenvalue weighted by atomic mass is 16.5. The van der Waals surface area contributed by atoms with Crippen LogP contribution in [0.1, 0.15) is 15.9 Å². The number of anilines is 1. The number of allylic oxidation sites excluding steroid dienone is 1. The van der Waals surface area contributed by atoms with Crippen LogP contribution in [0.15, 0.2) is 48.4 Å². The Hall–Kier alpha value is -3.86. The van der Waals surface area contributed by atoms with Crippen LogP contribution >= 0.6 is 0 Å². The van der Waals surface area contributed by atoms with Gasteiger partial charge in [-0.25, -0.2) is 4.79 Å². The van der Waals surface area contributed by atoms with Crippen molar-refractivity contribution >= 4 is 34.5 Å². The van der Waals surface area contributed by atoms with Crippen LogP contribution in [0.25, 0.3) is 17.0 Å². The van der Waals surface area contributed by atoms with Crippen molar-refractivity contribution < 1.29 is 19.1 Å². The summed E-state index contributed by atoms with van der Waals surface area (Å²) >= 11 is 0. The van der Waals surface area contributed by atoms with E-state index in [0.29, 0.717) is 30.1 Å². The highest BCUT2D eigenvalue weighted by molar-refractivity contribution is 6.15. The number of carbonyl (C=O) groups excluding carboxylic acids is 2. The molecule has 1 saturated heterocycles. The Morgan fingerprint density at radius 1 is 1.08 bits per heavy atom. The van der Waals surface area contributed by atoms with E-state index in [-0.39, 0.29) is 17.6 Å². The largest absolute Gasteiger partial charge is 0.497 e. The van der Waals surface area contributed by atoms with Crippen molar-refractivity contribution in [2.45, 2.75) is 6.54 Å². The molecule has 2 aromatic carbocycles. The fraction of sp³-hybridized carbons (Fsp3) is 0.379. The van der Waals surface area contributed by atoms with E-state index in [1.807, 2.05) is 19.2 Å². The molecule has 2 aliphatic heterocycles. The maximum Gasteiger partial charge on any atom is 0.319 e. The molecular weight excluding hydrogens is 496 g/mol. The first kappa shape index (κ1) is 26.7. The lowest BCUT2D eigenvalue weighted by molar-refractivity contribution is 0.101. The number of amides is 2. The summed E-state index contributed by atoms with van der Waals surface area (Å²) < 4.78 is 13.7. The van der Waals surface area contributed by atoms with Gasteiger partial charge in [-0.15, -0.1) is 0 Å². The van der Waals surface area contributed by atoms with Gasteiger partial charge in [0.2, 0.25) is 5.78 Å². The third-order valence-corrected chi connectivity index (χ3v) is 7.25. The Kier molecular flexibility index (Phi) is 8.16. The number of likely N-dealkylation sites (N-methyl/N-ethyl adjacent to an activating group) is 2. The van der Waals surface area contributed by atoms with E-state index in [9.17, 15) is 9.59 Å². The Morgan fingerprint density at radius 3 is 2.67 bits per heavy atom. The molecular formula is C29H36N6O4. The number of aromatic nitrogens is 1. The second-order valence-electron chi connectivity index (χ2n) is 9.94. The third kappa shape index (κ3) is 6.08. The number of nitrogens with zero attached hydrogens (tertiary/aromatic N) is 3. The predicted octanol–water partition coefficient (Wildman–Crippen LogP) is 2.85. The normalized spacial score (nSPS) is 16.9. The second kappa shape index (κ2) is 11.9. The van der Waals surface area contributed by atoms with Crippen LogP contribution in [0, 0.1) is 0 Å². The van der Waals surface area contributed by atoms with Gasteiger partial charge in [0.25, 0.3) is 0 Å². The van der Waals surface area contributed by atoms with E-state index in [1.54, 1.807) is 31.4 Å². The average molecular weight is 533 g/mol. The second-order valence-corrected chi connectivity index (χ2v) is 9.94. The molecule has 0 saturated carbocycles. The van der Waals surface area contributed by atoms with Crippen molar-refractivity contribution in [3.63, 3.8) is 0 Å². The van der Waals surface area contributed by atoms with Crippen LogP contribution in [0.4, 0.5) is 10.5 Å². The first-order chi connectivity index (χ1) is 18.9. The molecule has 3 heterocycles. The van der Waals surface area contributed by atoms with Crippen molar-refractivity contribution in [2.75, 3.05) is 72.3 Å². The van der Waals surface area contributed by atoms with Gasteiger partial charge in [-0.1, -0.05) is 0 Å². The summed E-state index contributed by atoms with van der Waals surface area (Å²) in [6.45, 7) is 7.25. The van der Waals surface area contributed by atoms with Crippen molar-refractivity contribution in [1.82, 2.24) is 25.0 Å². The Balaban J connectivity index is 1.36. The third-order valence-electron chi connectivity index (χ3n) is 7.25. The summed E-state index contributed by atoms with van der Waals surface area (Å²) in [5.74, 6) is 1.26. The maximum atomic E-state index is 13.3. The Labute approximate surface area is 228 Å². The van der Waals surface area contributed by atoms with E-state index in [4.69, 9.17) is 9.47 Å². The zero-order valence-electron chi connectivity index (χ0n) is 22.8. The number of fused-ring (bicyclic) bond motifs is 2. The number of piperazine rings is 1. The van der Waals surface area contributed by atoms with E-state index in [0.717, 1.165) is 61.5 Å². The average Bonchev–Trinajstić information content (AvgIpc) is 3.44. The van der Waals surface area contributed by atoms with Crippen LogP contribution in [-0.2, 0) is 6.54 Å². The lowest BCUT2D eigenvalue weighted by Gasteiger charge is -2.32. The molecule has 2 aliphatic rings. The molecule has 1 aromatic heterocycles. The summed E-state index contributed by atoms with van der Waals surface area (Å²) in [6, 6.07) is 10.8. The number of methoxy groups -OCH3 is 1. The molecule has 2 amide bonds. The van der Waals surface area contributed by atoms with E-state index in [2.05, 4.69) is 49.6 Å². The molecule has 3 N–H and O–H groups in total. The number of ketones is 1. The summed E-state index contributed by atoms with van der Waals surface area (Å²) in [4.78, 5) is 30.3. The minimum absolute atomic E-state index is 0.217. The lowest BCUT2D eigenvalue weighted by atomic mass is 10.1. The molecule has 0 bridgehead atoms. The molecule has 10 heteroatoms. The van der Waals surface area contributed by atoms with Gasteiger partial charge in [0.1, 0.15) is 11.5 Å². The van der Waals surface area contributed by atoms with E-state index < -0.39 is 0 Å². The zero-order valence-corrected chi connectivity index (χ0v) is 22.8. The smallest absolute Gasteiger partial charge is 0.319 e. The molecule has 0 atom stereocenters. The number of ether oxygens (including phenoxy) is 2. The SMILES string of the molecule is CNCCNC(=O)Nc1ccc2c(c1)C(=O)C(=Cc1cn(CCN3CCN(C)CC3)c3ccc(OC)cc13)O2. The van der Waals surface area contributed by atoms with Crippen molar-refractivity contribution in [3.05, 3.63) is 59.5 Å². The molecule has 0 aliphatic carbocycles. The number of hydrogen-bond acceptors (Lipinski definition) is 7. The predicted molar refractivity (Wildman–Crippen MR) is 153 cm³/mol. The Morgan fingerprint density at radius 2 is 1.90 bits per heavy atom. The van der Waals surface area contributed by atoms with Gasteiger partial charge < -0.3 is 34.9 Å². The molecule has 0 spiro atoms. The maximum absolute atomic E-state index is 13.3. The minimum atomic E-state index is -0.328. The highest BCUT2D eigenvalue weighted by Crippen LogP contribution is 2.35. The van der Waals surface area contributed by atoms with Gasteiger partial charge in [0, 0.05) is 80.7 Å². The summed E-state index contributed by atoms with van der Waals surface area (Å²) in [5.41, 5.74) is 2.92. The molecule has 206 valence electrons. The number of carbonyl (C=O) groups is 2. The van der Waals surface area contributed by atoms with Crippen LogP contribution in [0.3, 0.4) is 0 Å². The number of benzene rings is 2. The van der Waals surface area contributed by atoms with Gasteiger partial charge >= 0.3 is 6.03 Å². The monoisotopic (exact) mass is 532 g/mol. The molecule has 0 unspecified atom stereocenters. The standard InChI is InChI=1S/C29H36N6O4/c1-30-8-9-31-29(37)32-21-4-7-26-24(17-21)28(36)27(39-26)16-20-19-35(15-14-34-12-10-33(2)11-13-34)25-6-5-22(38-3)18-23(20)25/h4-7,16-19,30H,8-15H2,1-3H3,(H2,31,32,37). The van der Waals surface area contributed by atoms with Crippen LogP contribution in [0.5, 0.6) is 11.5 Å². The molecule has 5 rings (SSSR count). The number of nitrogens with one attached hydrogen (secondary N) is 3. The fourth-order valence-electron chi connectivity index (χ4n) is 4.94. The topological polar surface area (TPSA) is 100 Å². The van der Waals surface area contributed by atoms with Crippen molar-refractivity contribution in [3.8, 4) is 11.5 Å². The highest BCUT2D eigenvalue weighted by Gasteiger charge is 2.28. The van der Waals surface area contributed by atoms with Crippen LogP contribution in [0.2, 0.25) is 0 Å². The van der Waals surface area contributed by atoms with Crippen LogP contribution < -0.4 is 25.4 Å². The summed E-state index contributed by atoms with van der Waals surface area (Å²) in [5, 5.41) is 9.49. The van der Waals surface area contributed by atoms with E-state index >= 15 is 0 Å². The zero-order chi connectivity index (χ0) is 27.4. The lowest BCUT2D eigenvalue weighted by Crippen LogP contribution is -2.45. The van der Waals surface area contributed by atoms with Gasteiger partial charge in [0.05, 0.1) is 12.7 Å². The molecule has 1 fully saturated rings. The number of hydrogen-bond donors (Lipinski definition) is 3. The van der Waals surface area contributed by atoms with Crippen molar-refractivity contribution in [2.24, 2.45) is 0 Å². The van der Waals surface area contributed by atoms with Gasteiger partial charge in [0.15, 0.2) is 5.76 Å². The fourth-order valence-corrected chi connectivity index (χ4v) is 4.94. The first-order valence-corrected chi connectivity index (χ1v) is 13.3. The molecule has 10 nitrogen and oxygen atoms in total. The summed E-state index contributed by atoms with van der Waals surface area (Å²) in [7, 11) is 5.63. The number of rotatable bonds is 9. The Bertz CT molecular complexity index is 1390. The summed E-state index contributed by atoms with van der Waals surface area (Å²) in [6.07, 6.45) is 3.88.